The summed E-state index contributed by atoms with van der Waals surface area (Å²) in [6, 6.07) is 11.5. The van der Waals surface area contributed by atoms with Crippen LogP contribution in [0.15, 0.2) is 47.5 Å². The maximum Gasteiger partial charge on any atom is 0.326 e. The van der Waals surface area contributed by atoms with E-state index in [4.69, 9.17) is 11.5 Å². The molecule has 0 saturated heterocycles. The Morgan fingerprint density at radius 1 is 1.21 bits per heavy atom. The predicted molar refractivity (Wildman–Crippen MR) is 129 cm³/mol. The van der Waals surface area contributed by atoms with Crippen LogP contribution >= 0.6 is 0 Å². The highest BCUT2D eigenvalue weighted by Crippen LogP contribution is 2.24. The predicted octanol–water partition coefficient (Wildman–Crippen LogP) is 2.72. The van der Waals surface area contributed by atoms with Crippen molar-refractivity contribution in [1.29, 1.82) is 0 Å². The third-order valence-electron chi connectivity index (χ3n) is 5.37. The van der Waals surface area contributed by atoms with Crippen LogP contribution in [0, 0.1) is 12.3 Å². The van der Waals surface area contributed by atoms with Crippen LogP contribution in [0.4, 0.5) is 11.4 Å². The van der Waals surface area contributed by atoms with Gasteiger partial charge in [0.25, 0.3) is 5.91 Å². The van der Waals surface area contributed by atoms with Crippen molar-refractivity contribution >= 4 is 35.1 Å². The molecule has 4 N–H and O–H groups in total. The van der Waals surface area contributed by atoms with Gasteiger partial charge in [-0.1, -0.05) is 18.1 Å². The zero-order valence-corrected chi connectivity index (χ0v) is 18.7. The Hall–Kier alpha value is -4.32. The van der Waals surface area contributed by atoms with Gasteiger partial charge in [0.15, 0.2) is 0 Å². The quantitative estimate of drug-likeness (QED) is 0.399. The molecule has 1 aliphatic rings. The van der Waals surface area contributed by atoms with Crippen molar-refractivity contribution in [3.05, 3.63) is 59.2 Å². The van der Waals surface area contributed by atoms with Gasteiger partial charge in [-0.2, -0.15) is 0 Å². The van der Waals surface area contributed by atoms with Crippen molar-refractivity contribution in [2.75, 3.05) is 16.8 Å². The maximum atomic E-state index is 12.5. The second kappa shape index (κ2) is 11.0. The summed E-state index contributed by atoms with van der Waals surface area (Å²) in [4.78, 5) is 40.9. The van der Waals surface area contributed by atoms with Crippen molar-refractivity contribution < 1.29 is 24.6 Å². The molecule has 1 amide bonds. The lowest BCUT2D eigenvalue weighted by Crippen LogP contribution is -2.41. The number of amidine groups is 1. The number of hydrogen-bond donors (Lipinski definition) is 4. The molecule has 3 rings (SSSR count). The van der Waals surface area contributed by atoms with E-state index in [1.807, 2.05) is 24.0 Å². The van der Waals surface area contributed by atoms with Gasteiger partial charge >= 0.3 is 11.9 Å². The molecule has 1 heterocycles. The van der Waals surface area contributed by atoms with Crippen LogP contribution in [0.2, 0.25) is 0 Å². The molecule has 176 valence electrons. The van der Waals surface area contributed by atoms with Gasteiger partial charge in [0.05, 0.1) is 18.9 Å². The van der Waals surface area contributed by atoms with Gasteiger partial charge in [-0.3, -0.25) is 14.6 Å². The highest BCUT2D eigenvalue weighted by Gasteiger charge is 2.22. The second-order valence-electron chi connectivity index (χ2n) is 7.92. The number of carboxylic acids is 2. The standard InChI is InChI=1S/C25H26N4O5/c1-3-12-29(15-17-4-9-21-19(13-17)14-26-16(2)27-21)20-7-5-18(6-8-20)24(32)28-22(25(33)34)10-11-23(30)31/h1,4-9,13,22H,10-12,14-15H2,2H3,(H,26,27)(H,28,32)(H,30,31)(H,33,34)/t22-/m0/s1. The second-order valence-corrected chi connectivity index (χ2v) is 7.92. The smallest absolute Gasteiger partial charge is 0.326 e. The molecule has 34 heavy (non-hydrogen) atoms. The number of terminal acetylenes is 1. The fourth-order valence-corrected chi connectivity index (χ4v) is 3.60. The summed E-state index contributed by atoms with van der Waals surface area (Å²) in [6.45, 7) is 3.45. The monoisotopic (exact) mass is 462 g/mol. The molecule has 0 bridgehead atoms. The van der Waals surface area contributed by atoms with Crippen LogP contribution in [0.1, 0.15) is 41.3 Å². The number of rotatable bonds is 10. The van der Waals surface area contributed by atoms with Crippen LogP contribution in [-0.4, -0.2) is 46.5 Å². The zero-order chi connectivity index (χ0) is 24.7. The molecule has 9 nitrogen and oxygen atoms in total. The van der Waals surface area contributed by atoms with Crippen LogP contribution in [0.25, 0.3) is 0 Å². The van der Waals surface area contributed by atoms with E-state index in [9.17, 15) is 19.5 Å². The largest absolute Gasteiger partial charge is 0.481 e. The van der Waals surface area contributed by atoms with E-state index in [1.54, 1.807) is 24.3 Å². The lowest BCUT2D eigenvalue weighted by Gasteiger charge is -2.24. The first kappa shape index (κ1) is 24.3. The van der Waals surface area contributed by atoms with Crippen LogP contribution in [0.3, 0.4) is 0 Å². The fourth-order valence-electron chi connectivity index (χ4n) is 3.60. The number of fused-ring (bicyclic) bond motifs is 1. The Morgan fingerprint density at radius 3 is 2.59 bits per heavy atom. The Balaban J connectivity index is 1.70. The minimum absolute atomic E-state index is 0.203. The molecule has 0 fully saturated rings. The van der Waals surface area contributed by atoms with Crippen molar-refractivity contribution in [1.82, 2.24) is 5.32 Å². The summed E-state index contributed by atoms with van der Waals surface area (Å²) in [5, 5.41) is 23.6. The van der Waals surface area contributed by atoms with Crippen LogP contribution < -0.4 is 15.5 Å². The molecule has 0 unspecified atom stereocenters. The number of anilines is 2. The Kier molecular flexibility index (Phi) is 7.88. The third-order valence-corrected chi connectivity index (χ3v) is 5.37. The number of aliphatic carboxylic acids is 2. The molecule has 0 aliphatic carbocycles. The Labute approximate surface area is 197 Å². The van der Waals surface area contributed by atoms with E-state index in [0.717, 1.165) is 28.3 Å². The molecule has 9 heteroatoms. The number of hydrogen-bond acceptors (Lipinski definition) is 6. The number of nitrogens with zero attached hydrogens (tertiary/aromatic N) is 2. The molecule has 0 aromatic heterocycles. The highest BCUT2D eigenvalue weighted by atomic mass is 16.4. The van der Waals surface area contributed by atoms with Gasteiger partial charge < -0.3 is 25.7 Å². The number of amides is 1. The first-order valence-corrected chi connectivity index (χ1v) is 10.7. The first-order valence-electron chi connectivity index (χ1n) is 10.7. The summed E-state index contributed by atoms with van der Waals surface area (Å²) in [6.07, 6.45) is 5.01. The maximum absolute atomic E-state index is 12.5. The normalized spacial score (nSPS) is 12.9. The summed E-state index contributed by atoms with van der Waals surface area (Å²) < 4.78 is 0. The Bertz CT molecular complexity index is 1150. The van der Waals surface area contributed by atoms with Gasteiger partial charge in [0.1, 0.15) is 6.04 Å². The molecule has 2 aromatic carbocycles. The van der Waals surface area contributed by atoms with Crippen LogP contribution in [0.5, 0.6) is 0 Å². The average molecular weight is 463 g/mol. The lowest BCUT2D eigenvalue weighted by molar-refractivity contribution is -0.140. The average Bonchev–Trinajstić information content (AvgIpc) is 2.81. The van der Waals surface area contributed by atoms with Gasteiger partial charge in [0, 0.05) is 29.9 Å². The highest BCUT2D eigenvalue weighted by molar-refractivity contribution is 5.97. The number of carboxylic acid groups (broad SMARTS) is 2. The van der Waals surface area contributed by atoms with Crippen molar-refractivity contribution in [3.63, 3.8) is 0 Å². The van der Waals surface area contributed by atoms with E-state index in [0.29, 0.717) is 19.6 Å². The zero-order valence-electron chi connectivity index (χ0n) is 18.7. The fraction of sp³-hybridized carbons (Fsp3) is 0.280. The van der Waals surface area contributed by atoms with E-state index in [-0.39, 0.29) is 18.4 Å². The van der Waals surface area contributed by atoms with Crippen molar-refractivity contribution in [2.24, 2.45) is 4.99 Å². The SMILES string of the molecule is C#CCN(Cc1ccc2c(c1)CN=C(C)N2)c1ccc(C(=O)N[C@@H](CCC(=O)O)C(=O)O)cc1. The van der Waals surface area contributed by atoms with Gasteiger partial charge in [-0.05, 0) is 54.8 Å². The molecule has 2 aromatic rings. The molecular weight excluding hydrogens is 436 g/mol. The first-order chi connectivity index (χ1) is 16.3. The Morgan fingerprint density at radius 2 is 1.94 bits per heavy atom. The minimum Gasteiger partial charge on any atom is -0.481 e. The van der Waals surface area contributed by atoms with Gasteiger partial charge in [-0.25, -0.2) is 4.79 Å². The number of carbonyl (C=O) groups is 3. The number of benzene rings is 2. The molecule has 1 aliphatic heterocycles. The van der Waals surface area contributed by atoms with Crippen molar-refractivity contribution in [2.45, 2.75) is 38.9 Å². The van der Waals surface area contributed by atoms with E-state index < -0.39 is 23.9 Å². The molecule has 1 atom stereocenters. The van der Waals surface area contributed by atoms with Gasteiger partial charge in [0.2, 0.25) is 0 Å². The molecule has 0 radical (unpaired) electrons. The number of carbonyl (C=O) groups excluding carboxylic acids is 1. The van der Waals surface area contributed by atoms with E-state index in [2.05, 4.69) is 27.6 Å². The minimum atomic E-state index is -1.28. The number of aliphatic imine (C=N–C) groups is 1. The van der Waals surface area contributed by atoms with E-state index in [1.165, 1.54) is 0 Å². The van der Waals surface area contributed by atoms with Gasteiger partial charge in [-0.15, -0.1) is 6.42 Å². The van der Waals surface area contributed by atoms with E-state index >= 15 is 0 Å². The van der Waals surface area contributed by atoms with Crippen LogP contribution in [-0.2, 0) is 22.7 Å². The molecular formula is C25H26N4O5. The number of nitrogens with one attached hydrogen (secondary N) is 2. The molecule has 0 saturated carbocycles. The third kappa shape index (κ3) is 6.36. The lowest BCUT2D eigenvalue weighted by atomic mass is 10.1. The summed E-state index contributed by atoms with van der Waals surface area (Å²) in [7, 11) is 0. The topological polar surface area (TPSA) is 131 Å². The molecule has 0 spiro atoms. The summed E-state index contributed by atoms with van der Waals surface area (Å²) in [5.74, 6) is 0.532. The summed E-state index contributed by atoms with van der Waals surface area (Å²) >= 11 is 0. The summed E-state index contributed by atoms with van der Waals surface area (Å²) in [5.41, 5.74) is 4.28. The van der Waals surface area contributed by atoms with Crippen molar-refractivity contribution in [3.8, 4) is 12.3 Å².